The summed E-state index contributed by atoms with van der Waals surface area (Å²) in [4.78, 5) is 0. The van der Waals surface area contributed by atoms with Gasteiger partial charge in [0.25, 0.3) is 0 Å². The van der Waals surface area contributed by atoms with E-state index in [1.54, 1.807) is 0 Å². The van der Waals surface area contributed by atoms with Gasteiger partial charge in [-0.05, 0) is 70.9 Å². The van der Waals surface area contributed by atoms with Crippen LogP contribution in [0.4, 0.5) is 4.39 Å². The fourth-order valence-electron chi connectivity index (χ4n) is 2.13. The molecule has 0 aliphatic heterocycles. The first-order valence-electron chi connectivity index (χ1n) is 6.42. The van der Waals surface area contributed by atoms with Gasteiger partial charge < -0.3 is 5.32 Å². The maximum absolute atomic E-state index is 12.9. The van der Waals surface area contributed by atoms with Gasteiger partial charge in [0.15, 0.2) is 0 Å². The average Bonchev–Trinajstić information content (AvgIpc) is 2.41. The van der Waals surface area contributed by atoms with Gasteiger partial charge in [0.05, 0.1) is 0 Å². The highest BCUT2D eigenvalue weighted by Crippen LogP contribution is 2.20. The van der Waals surface area contributed by atoms with Crippen LogP contribution in [0.2, 0.25) is 0 Å². The van der Waals surface area contributed by atoms with Crippen LogP contribution in [0.3, 0.4) is 0 Å². The number of hydrogen-bond acceptors (Lipinski definition) is 1. The van der Waals surface area contributed by atoms with Crippen molar-refractivity contribution in [3.05, 3.63) is 69.0 Å². The molecular weight excluding hydrogens is 352 g/mol. The molecule has 2 aromatic carbocycles. The van der Waals surface area contributed by atoms with E-state index in [9.17, 15) is 4.39 Å². The summed E-state index contributed by atoms with van der Waals surface area (Å²) < 4.78 is 14.2. The minimum Gasteiger partial charge on any atom is -0.310 e. The van der Waals surface area contributed by atoms with Crippen molar-refractivity contribution in [3.63, 3.8) is 0 Å². The Bertz CT molecular complexity index is 525. The van der Waals surface area contributed by atoms with Crippen molar-refractivity contribution in [2.75, 3.05) is 6.54 Å². The smallest absolute Gasteiger partial charge is 0.123 e. The van der Waals surface area contributed by atoms with E-state index in [0.717, 1.165) is 18.5 Å². The number of likely N-dealkylation sites (N-methyl/N-ethyl adjacent to an activating group) is 1. The molecule has 1 unspecified atom stereocenters. The molecule has 0 aromatic heterocycles. The molecule has 0 spiro atoms. The molecule has 0 aliphatic rings. The van der Waals surface area contributed by atoms with Crippen molar-refractivity contribution in [3.8, 4) is 0 Å². The van der Waals surface area contributed by atoms with Crippen LogP contribution in [0.5, 0.6) is 0 Å². The van der Waals surface area contributed by atoms with Crippen molar-refractivity contribution in [1.82, 2.24) is 5.32 Å². The van der Waals surface area contributed by atoms with E-state index in [1.165, 1.54) is 21.3 Å². The number of benzene rings is 2. The van der Waals surface area contributed by atoms with Gasteiger partial charge >= 0.3 is 0 Å². The van der Waals surface area contributed by atoms with E-state index in [2.05, 4.69) is 59.1 Å². The molecular formula is C16H17FIN. The molecule has 2 rings (SSSR count). The van der Waals surface area contributed by atoms with Crippen LogP contribution in [0.25, 0.3) is 0 Å². The van der Waals surface area contributed by atoms with Crippen LogP contribution in [0.15, 0.2) is 48.5 Å². The fraction of sp³-hybridized carbons (Fsp3) is 0.250. The monoisotopic (exact) mass is 369 g/mol. The Morgan fingerprint density at radius 2 is 1.89 bits per heavy atom. The minimum absolute atomic E-state index is 0.182. The third-order valence-electron chi connectivity index (χ3n) is 3.05. The minimum atomic E-state index is -0.182. The molecule has 2 aromatic rings. The van der Waals surface area contributed by atoms with Gasteiger partial charge in [-0.1, -0.05) is 31.2 Å². The lowest BCUT2D eigenvalue weighted by atomic mass is 9.99. The van der Waals surface area contributed by atoms with Gasteiger partial charge in [0.2, 0.25) is 0 Å². The summed E-state index contributed by atoms with van der Waals surface area (Å²) in [6, 6.07) is 15.5. The molecule has 0 radical (unpaired) electrons. The lowest BCUT2D eigenvalue weighted by molar-refractivity contribution is 0.548. The number of hydrogen-bond donors (Lipinski definition) is 1. The van der Waals surface area contributed by atoms with Crippen molar-refractivity contribution < 1.29 is 4.39 Å². The fourth-order valence-corrected chi connectivity index (χ4v) is 2.70. The van der Waals surface area contributed by atoms with Crippen molar-refractivity contribution in [1.29, 1.82) is 0 Å². The van der Waals surface area contributed by atoms with Crippen LogP contribution >= 0.6 is 22.6 Å². The van der Waals surface area contributed by atoms with Crippen LogP contribution < -0.4 is 5.32 Å². The Morgan fingerprint density at radius 1 is 1.16 bits per heavy atom. The van der Waals surface area contributed by atoms with Crippen molar-refractivity contribution in [2.45, 2.75) is 19.4 Å². The van der Waals surface area contributed by atoms with Crippen molar-refractivity contribution in [2.24, 2.45) is 0 Å². The lowest BCUT2D eigenvalue weighted by Gasteiger charge is -2.19. The maximum Gasteiger partial charge on any atom is 0.123 e. The van der Waals surface area contributed by atoms with E-state index >= 15 is 0 Å². The molecule has 100 valence electrons. The van der Waals surface area contributed by atoms with E-state index in [1.807, 2.05) is 12.1 Å². The van der Waals surface area contributed by atoms with Crippen LogP contribution in [-0.2, 0) is 6.42 Å². The normalized spacial score (nSPS) is 12.4. The van der Waals surface area contributed by atoms with E-state index < -0.39 is 0 Å². The molecule has 1 atom stereocenters. The van der Waals surface area contributed by atoms with Crippen molar-refractivity contribution >= 4 is 22.6 Å². The second-order valence-corrected chi connectivity index (χ2v) is 5.74. The van der Waals surface area contributed by atoms with Gasteiger partial charge in [-0.25, -0.2) is 4.39 Å². The quantitative estimate of drug-likeness (QED) is 0.774. The highest BCUT2D eigenvalue weighted by Gasteiger charge is 2.11. The summed E-state index contributed by atoms with van der Waals surface area (Å²) >= 11 is 2.33. The molecule has 0 saturated carbocycles. The number of rotatable bonds is 5. The van der Waals surface area contributed by atoms with Gasteiger partial charge in [0, 0.05) is 9.61 Å². The molecule has 19 heavy (non-hydrogen) atoms. The third-order valence-corrected chi connectivity index (χ3v) is 3.73. The Balaban J connectivity index is 2.18. The van der Waals surface area contributed by atoms with Gasteiger partial charge in [-0.3, -0.25) is 0 Å². The Labute approximate surface area is 127 Å². The first kappa shape index (κ1) is 14.5. The van der Waals surface area contributed by atoms with E-state index in [4.69, 9.17) is 0 Å². The van der Waals surface area contributed by atoms with Crippen LogP contribution in [-0.4, -0.2) is 6.54 Å². The van der Waals surface area contributed by atoms with E-state index in [-0.39, 0.29) is 11.9 Å². The van der Waals surface area contributed by atoms with Crippen LogP contribution in [0.1, 0.15) is 24.1 Å². The third kappa shape index (κ3) is 4.28. The molecule has 0 saturated heterocycles. The number of halogens is 2. The largest absolute Gasteiger partial charge is 0.310 e. The summed E-state index contributed by atoms with van der Waals surface area (Å²) in [5.41, 5.74) is 2.42. The zero-order valence-corrected chi connectivity index (χ0v) is 13.0. The second kappa shape index (κ2) is 7.01. The highest BCUT2D eigenvalue weighted by atomic mass is 127. The Morgan fingerprint density at radius 3 is 2.53 bits per heavy atom. The average molecular weight is 369 g/mol. The van der Waals surface area contributed by atoms with Gasteiger partial charge in [0.1, 0.15) is 5.82 Å². The molecule has 3 heteroatoms. The topological polar surface area (TPSA) is 12.0 Å². The Kier molecular flexibility index (Phi) is 5.34. The summed E-state index contributed by atoms with van der Waals surface area (Å²) in [6.45, 7) is 3.02. The number of nitrogens with one attached hydrogen (secondary N) is 1. The predicted octanol–water partition coefficient (Wildman–Crippen LogP) is 4.32. The first-order chi connectivity index (χ1) is 9.19. The summed E-state index contributed by atoms with van der Waals surface area (Å²) in [5.74, 6) is -0.182. The molecule has 0 amide bonds. The molecule has 1 N–H and O–H groups in total. The summed E-state index contributed by atoms with van der Waals surface area (Å²) in [6.07, 6.45) is 0.869. The molecule has 0 aliphatic carbocycles. The predicted molar refractivity (Wildman–Crippen MR) is 85.7 cm³/mol. The SMILES string of the molecule is CCNC(Cc1ccc(F)cc1)c1cccc(I)c1. The molecule has 0 fully saturated rings. The maximum atomic E-state index is 12.9. The summed E-state index contributed by atoms with van der Waals surface area (Å²) in [5, 5.41) is 3.49. The zero-order chi connectivity index (χ0) is 13.7. The molecule has 0 heterocycles. The van der Waals surface area contributed by atoms with E-state index in [0.29, 0.717) is 0 Å². The Hall–Kier alpha value is -0.940. The lowest BCUT2D eigenvalue weighted by Crippen LogP contribution is -2.23. The second-order valence-electron chi connectivity index (χ2n) is 4.50. The van der Waals surface area contributed by atoms with Crippen LogP contribution in [0, 0.1) is 9.39 Å². The standard InChI is InChI=1S/C16H17FIN/c1-2-19-16(13-4-3-5-15(18)11-13)10-12-6-8-14(17)9-7-12/h3-9,11,16,19H,2,10H2,1H3. The molecule has 0 bridgehead atoms. The van der Waals surface area contributed by atoms with Gasteiger partial charge in [-0.15, -0.1) is 0 Å². The first-order valence-corrected chi connectivity index (χ1v) is 7.50. The summed E-state index contributed by atoms with van der Waals surface area (Å²) in [7, 11) is 0. The highest BCUT2D eigenvalue weighted by molar-refractivity contribution is 14.1. The molecule has 1 nitrogen and oxygen atoms in total. The van der Waals surface area contributed by atoms with Gasteiger partial charge in [-0.2, -0.15) is 0 Å². The zero-order valence-electron chi connectivity index (χ0n) is 10.9.